The molecule has 0 saturated heterocycles. The first-order chi connectivity index (χ1) is 16.5. The highest BCUT2D eigenvalue weighted by atomic mass is 35.5. The number of aliphatic hydroxyl groups excluding tert-OH is 1. The molecule has 3 aromatic rings. The number of nitrogens with zero attached hydrogens (tertiary/aromatic N) is 1. The van der Waals surface area contributed by atoms with Gasteiger partial charge < -0.3 is 15.6 Å². The van der Waals surface area contributed by atoms with Crippen molar-refractivity contribution in [1.82, 2.24) is 4.90 Å². The Hall–Kier alpha value is -3.12. The van der Waals surface area contributed by atoms with Crippen LogP contribution in [0.15, 0.2) is 91.5 Å². The number of primary amides is 1. The first kappa shape index (κ1) is 28.1. The number of aliphatic hydroxyl groups is 1. The predicted molar refractivity (Wildman–Crippen MR) is 144 cm³/mol. The molecule has 3 rings (SSSR count). The molecule has 0 aliphatic rings. The number of carbonyl (C=O) groups is 1. The highest BCUT2D eigenvalue weighted by Gasteiger charge is 2.20. The topological polar surface area (TPSA) is 75.8 Å². The van der Waals surface area contributed by atoms with Gasteiger partial charge in [-0.25, -0.2) is 0 Å². The lowest BCUT2D eigenvalue weighted by molar-refractivity contribution is 0.0957. The molecular formula is C29H35ClN2O3. The summed E-state index contributed by atoms with van der Waals surface area (Å²) in [6, 6.07) is 25.5. The van der Waals surface area contributed by atoms with Gasteiger partial charge in [0.15, 0.2) is 0 Å². The molecule has 5 nitrogen and oxygen atoms in total. The van der Waals surface area contributed by atoms with E-state index in [0.29, 0.717) is 31.0 Å². The number of hydrogen-bond donors (Lipinski definition) is 2. The van der Waals surface area contributed by atoms with E-state index in [-0.39, 0.29) is 24.0 Å². The van der Waals surface area contributed by atoms with Crippen LogP contribution in [0.3, 0.4) is 0 Å². The van der Waals surface area contributed by atoms with Gasteiger partial charge in [0.1, 0.15) is 12.4 Å². The minimum atomic E-state index is -0.777. The van der Waals surface area contributed by atoms with E-state index >= 15 is 0 Å². The number of nitrogens with two attached hydrogens (primary N) is 1. The largest absolute Gasteiger partial charge is 0.488 e. The summed E-state index contributed by atoms with van der Waals surface area (Å²) < 4.78 is 5.84. The predicted octanol–water partition coefficient (Wildman–Crippen LogP) is 5.33. The average molecular weight is 495 g/mol. The fraction of sp³-hybridized carbons (Fsp3) is 0.276. The summed E-state index contributed by atoms with van der Waals surface area (Å²) in [4.78, 5) is 14.3. The molecule has 2 unspecified atom stereocenters. The van der Waals surface area contributed by atoms with Crippen LogP contribution in [0.25, 0.3) is 0 Å². The van der Waals surface area contributed by atoms with Crippen LogP contribution >= 0.6 is 12.4 Å². The van der Waals surface area contributed by atoms with Gasteiger partial charge in [0.05, 0.1) is 11.7 Å². The smallest absolute Gasteiger partial charge is 0.252 e. The number of amides is 1. The van der Waals surface area contributed by atoms with E-state index < -0.39 is 12.0 Å². The Morgan fingerprint density at radius 2 is 1.69 bits per heavy atom. The standard InChI is InChI=1S/C29H34N2O3.ClH/c1-3-18-31(22(2)14-15-23-10-6-4-7-11-23)20-27(32)25-16-17-28(26(19-25)29(30)33)34-21-24-12-8-5-9-13-24;/h3-13,16-17,19,22,27,32H,1,14-15,18,20-21H2,2H3,(H2,30,33);1H. The maximum atomic E-state index is 12.1. The molecule has 0 aliphatic heterocycles. The molecule has 0 heterocycles. The highest BCUT2D eigenvalue weighted by Crippen LogP contribution is 2.26. The fourth-order valence-electron chi connectivity index (χ4n) is 3.94. The summed E-state index contributed by atoms with van der Waals surface area (Å²) in [6.07, 6.45) is 3.00. The summed E-state index contributed by atoms with van der Waals surface area (Å²) in [5.41, 5.74) is 8.80. The van der Waals surface area contributed by atoms with Crippen LogP contribution in [0, 0.1) is 0 Å². The molecule has 0 aliphatic carbocycles. The SMILES string of the molecule is C=CCN(CC(O)c1ccc(OCc2ccccc2)c(C(N)=O)c1)C(C)CCc1ccccc1.Cl. The first-order valence-electron chi connectivity index (χ1n) is 11.6. The van der Waals surface area contributed by atoms with Gasteiger partial charge in [-0.05, 0) is 48.6 Å². The molecule has 0 spiro atoms. The lowest BCUT2D eigenvalue weighted by atomic mass is 10.0. The molecule has 0 radical (unpaired) electrons. The zero-order valence-electron chi connectivity index (χ0n) is 20.2. The molecule has 0 bridgehead atoms. The van der Waals surface area contributed by atoms with Crippen LogP contribution in [0.5, 0.6) is 5.75 Å². The number of aryl methyl sites for hydroxylation is 1. The van der Waals surface area contributed by atoms with E-state index in [1.165, 1.54) is 5.56 Å². The van der Waals surface area contributed by atoms with Gasteiger partial charge in [0.25, 0.3) is 5.91 Å². The Labute approximate surface area is 214 Å². The Balaban J connectivity index is 0.00000432. The van der Waals surface area contributed by atoms with Gasteiger partial charge in [0.2, 0.25) is 0 Å². The van der Waals surface area contributed by atoms with Crippen LogP contribution in [0.1, 0.15) is 46.5 Å². The summed E-state index contributed by atoms with van der Waals surface area (Å²) in [5, 5.41) is 11.0. The Kier molecular flexibility index (Phi) is 11.5. The van der Waals surface area contributed by atoms with Crippen LogP contribution in [0.4, 0.5) is 0 Å². The molecule has 0 saturated carbocycles. The van der Waals surface area contributed by atoms with E-state index in [0.717, 1.165) is 18.4 Å². The quantitative estimate of drug-likeness (QED) is 0.315. The zero-order chi connectivity index (χ0) is 24.3. The van der Waals surface area contributed by atoms with E-state index in [9.17, 15) is 9.90 Å². The van der Waals surface area contributed by atoms with Crippen molar-refractivity contribution < 1.29 is 14.6 Å². The number of halogens is 1. The number of ether oxygens (including phenoxy) is 1. The maximum Gasteiger partial charge on any atom is 0.252 e. The summed E-state index contributed by atoms with van der Waals surface area (Å²) in [6.45, 7) is 7.45. The molecule has 0 fully saturated rings. The Morgan fingerprint density at radius 3 is 2.29 bits per heavy atom. The van der Waals surface area contributed by atoms with Gasteiger partial charge in [-0.3, -0.25) is 9.69 Å². The lowest BCUT2D eigenvalue weighted by Gasteiger charge is -2.30. The third-order valence-electron chi connectivity index (χ3n) is 5.98. The fourth-order valence-corrected chi connectivity index (χ4v) is 3.94. The van der Waals surface area contributed by atoms with Crippen molar-refractivity contribution in [3.63, 3.8) is 0 Å². The van der Waals surface area contributed by atoms with E-state index in [1.54, 1.807) is 18.2 Å². The Morgan fingerprint density at radius 1 is 1.06 bits per heavy atom. The molecule has 3 aromatic carbocycles. The highest BCUT2D eigenvalue weighted by molar-refractivity contribution is 5.95. The average Bonchev–Trinajstić information content (AvgIpc) is 2.86. The second kappa shape index (κ2) is 14.3. The minimum Gasteiger partial charge on any atom is -0.488 e. The van der Waals surface area contributed by atoms with Gasteiger partial charge >= 0.3 is 0 Å². The first-order valence-corrected chi connectivity index (χ1v) is 11.6. The van der Waals surface area contributed by atoms with Crippen molar-refractivity contribution in [2.75, 3.05) is 13.1 Å². The maximum absolute atomic E-state index is 12.1. The molecule has 6 heteroatoms. The van der Waals surface area contributed by atoms with Gasteiger partial charge in [0, 0.05) is 19.1 Å². The number of carbonyl (C=O) groups excluding carboxylic acids is 1. The monoisotopic (exact) mass is 494 g/mol. The van der Waals surface area contributed by atoms with Gasteiger partial charge in [-0.15, -0.1) is 19.0 Å². The number of rotatable bonds is 13. The third kappa shape index (κ3) is 8.55. The van der Waals surface area contributed by atoms with E-state index in [1.807, 2.05) is 42.5 Å². The van der Waals surface area contributed by atoms with Crippen molar-refractivity contribution in [1.29, 1.82) is 0 Å². The van der Waals surface area contributed by atoms with Crippen LogP contribution in [0.2, 0.25) is 0 Å². The molecule has 186 valence electrons. The second-order valence-electron chi connectivity index (χ2n) is 8.53. The molecule has 2 atom stereocenters. The molecule has 35 heavy (non-hydrogen) atoms. The number of hydrogen-bond acceptors (Lipinski definition) is 4. The van der Waals surface area contributed by atoms with E-state index in [2.05, 4.69) is 42.7 Å². The summed E-state index contributed by atoms with van der Waals surface area (Å²) >= 11 is 0. The van der Waals surface area contributed by atoms with E-state index in [4.69, 9.17) is 10.5 Å². The second-order valence-corrected chi connectivity index (χ2v) is 8.53. The summed E-state index contributed by atoms with van der Waals surface area (Å²) in [5.74, 6) is -0.178. The summed E-state index contributed by atoms with van der Waals surface area (Å²) in [7, 11) is 0. The van der Waals surface area contributed by atoms with Crippen molar-refractivity contribution in [2.45, 2.75) is 38.5 Å². The van der Waals surface area contributed by atoms with Crippen molar-refractivity contribution in [3.05, 3.63) is 114 Å². The van der Waals surface area contributed by atoms with Crippen LogP contribution in [-0.2, 0) is 13.0 Å². The van der Waals surface area contributed by atoms with Gasteiger partial charge in [-0.2, -0.15) is 0 Å². The number of benzene rings is 3. The molecule has 1 amide bonds. The molecular weight excluding hydrogens is 460 g/mol. The van der Waals surface area contributed by atoms with Crippen molar-refractivity contribution >= 4 is 18.3 Å². The lowest BCUT2D eigenvalue weighted by Crippen LogP contribution is -2.37. The third-order valence-corrected chi connectivity index (χ3v) is 5.98. The minimum absolute atomic E-state index is 0. The van der Waals surface area contributed by atoms with Crippen LogP contribution in [-0.4, -0.2) is 35.0 Å². The zero-order valence-corrected chi connectivity index (χ0v) is 21.0. The molecule has 0 aromatic heterocycles. The normalized spacial score (nSPS) is 12.4. The Bertz CT molecular complexity index is 1060. The van der Waals surface area contributed by atoms with Gasteiger partial charge in [-0.1, -0.05) is 72.8 Å². The van der Waals surface area contributed by atoms with Crippen molar-refractivity contribution in [3.8, 4) is 5.75 Å². The van der Waals surface area contributed by atoms with Crippen LogP contribution < -0.4 is 10.5 Å². The van der Waals surface area contributed by atoms with Crippen molar-refractivity contribution in [2.24, 2.45) is 5.73 Å². The molecule has 3 N–H and O–H groups in total.